The zero-order chi connectivity index (χ0) is 28.5. The van der Waals surface area contributed by atoms with Crippen molar-refractivity contribution in [3.63, 3.8) is 0 Å². The van der Waals surface area contributed by atoms with E-state index in [4.69, 9.17) is 4.74 Å². The number of fused-ring (bicyclic) bond motifs is 1. The minimum Gasteiger partial charge on any atom is -0.458 e. The molecule has 39 heavy (non-hydrogen) atoms. The number of cyclic esters (lactones) is 1. The molecule has 3 aliphatic carbocycles. The number of carbonyl (C=O) groups excluding carboxylic acids is 1. The third-order valence-corrected chi connectivity index (χ3v) is 10.8. The number of rotatable bonds is 9. The fraction of sp³-hybridized carbons (Fsp3) is 0.735. The van der Waals surface area contributed by atoms with Crippen LogP contribution in [0, 0.1) is 40.9 Å². The fourth-order valence-electron chi connectivity index (χ4n) is 8.66. The predicted octanol–water partition coefficient (Wildman–Crippen LogP) is 6.30. The number of allylic oxidation sites excluding steroid dienone is 3. The highest BCUT2D eigenvalue weighted by molar-refractivity contribution is 5.90. The molecule has 0 unspecified atom stereocenters. The van der Waals surface area contributed by atoms with Gasteiger partial charge in [-0.3, -0.25) is 0 Å². The summed E-state index contributed by atoms with van der Waals surface area (Å²) in [7, 11) is 0. The molecule has 4 rings (SSSR count). The first-order valence-electron chi connectivity index (χ1n) is 15.4. The maximum Gasteiger partial charge on any atom is 0.334 e. The van der Waals surface area contributed by atoms with Crippen molar-refractivity contribution in [3.8, 4) is 0 Å². The van der Waals surface area contributed by atoms with Gasteiger partial charge < -0.3 is 20.1 Å². The number of esters is 1. The van der Waals surface area contributed by atoms with Gasteiger partial charge in [0, 0.05) is 24.0 Å². The third kappa shape index (κ3) is 6.16. The van der Waals surface area contributed by atoms with Gasteiger partial charge in [-0.05, 0) is 104 Å². The average Bonchev–Trinajstić information content (AvgIpc) is 3.36. The molecule has 4 aliphatic rings. The summed E-state index contributed by atoms with van der Waals surface area (Å²) >= 11 is 0. The van der Waals surface area contributed by atoms with Gasteiger partial charge in [0.2, 0.25) is 0 Å². The molecule has 0 aromatic heterocycles. The summed E-state index contributed by atoms with van der Waals surface area (Å²) in [5.41, 5.74) is 4.03. The van der Waals surface area contributed by atoms with Crippen LogP contribution in [-0.2, 0) is 9.53 Å². The molecule has 0 aromatic rings. The van der Waals surface area contributed by atoms with E-state index in [1.54, 1.807) is 0 Å². The normalized spacial score (nSPS) is 40.0. The molecule has 0 spiro atoms. The van der Waals surface area contributed by atoms with E-state index in [2.05, 4.69) is 53.0 Å². The molecule has 9 atom stereocenters. The minimum absolute atomic E-state index is 0.0511. The van der Waals surface area contributed by atoms with Gasteiger partial charge in [0.1, 0.15) is 6.10 Å². The summed E-state index contributed by atoms with van der Waals surface area (Å²) in [5, 5.41) is 30.7. The molecule has 0 radical (unpaired) electrons. The summed E-state index contributed by atoms with van der Waals surface area (Å²) in [5.74, 6) is 1.76. The number of aliphatic hydroxyl groups excluding tert-OH is 3. The molecule has 3 saturated carbocycles. The van der Waals surface area contributed by atoms with E-state index in [0.717, 1.165) is 24.8 Å². The Hall–Kier alpha value is -1.69. The monoisotopic (exact) mass is 540 g/mol. The quantitative estimate of drug-likeness (QED) is 0.236. The first-order chi connectivity index (χ1) is 18.5. The van der Waals surface area contributed by atoms with Gasteiger partial charge in [-0.15, -0.1) is 0 Å². The molecule has 1 aliphatic heterocycles. The van der Waals surface area contributed by atoms with Crippen molar-refractivity contribution in [3.05, 3.63) is 47.6 Å². The van der Waals surface area contributed by atoms with Gasteiger partial charge >= 0.3 is 5.97 Å². The van der Waals surface area contributed by atoms with E-state index in [0.29, 0.717) is 54.1 Å². The predicted molar refractivity (Wildman–Crippen MR) is 156 cm³/mol. The molecule has 5 nitrogen and oxygen atoms in total. The smallest absolute Gasteiger partial charge is 0.334 e. The Morgan fingerprint density at radius 2 is 1.85 bits per heavy atom. The van der Waals surface area contributed by atoms with Crippen molar-refractivity contribution in [1.29, 1.82) is 0 Å². The molecule has 1 heterocycles. The summed E-state index contributed by atoms with van der Waals surface area (Å²) in [6.07, 6.45) is 12.3. The van der Waals surface area contributed by atoms with Crippen LogP contribution in [0.2, 0.25) is 0 Å². The van der Waals surface area contributed by atoms with Crippen molar-refractivity contribution >= 4 is 5.97 Å². The molecule has 5 heteroatoms. The van der Waals surface area contributed by atoms with Gasteiger partial charge in [0.25, 0.3) is 0 Å². The zero-order valence-electron chi connectivity index (χ0n) is 24.7. The van der Waals surface area contributed by atoms with Crippen LogP contribution in [0.1, 0.15) is 91.9 Å². The van der Waals surface area contributed by atoms with Crippen LogP contribution in [0.5, 0.6) is 0 Å². The topological polar surface area (TPSA) is 87.0 Å². The van der Waals surface area contributed by atoms with Crippen LogP contribution in [0.25, 0.3) is 0 Å². The van der Waals surface area contributed by atoms with E-state index in [1.807, 2.05) is 0 Å². The maximum atomic E-state index is 12.4. The van der Waals surface area contributed by atoms with Crippen molar-refractivity contribution in [2.24, 2.45) is 40.9 Å². The Morgan fingerprint density at radius 1 is 1.10 bits per heavy atom. The first kappa shape index (κ1) is 30.3. The van der Waals surface area contributed by atoms with Crippen LogP contribution < -0.4 is 0 Å². The fourth-order valence-corrected chi connectivity index (χ4v) is 8.66. The van der Waals surface area contributed by atoms with Crippen molar-refractivity contribution < 1.29 is 24.9 Å². The molecule has 4 fully saturated rings. The Balaban J connectivity index is 1.46. The van der Waals surface area contributed by atoms with Crippen molar-refractivity contribution in [1.82, 2.24) is 0 Å². The highest BCUT2D eigenvalue weighted by Crippen LogP contribution is 2.60. The third-order valence-electron chi connectivity index (χ3n) is 10.8. The molecule has 0 aromatic carbocycles. The van der Waals surface area contributed by atoms with Gasteiger partial charge in [-0.1, -0.05) is 58.6 Å². The van der Waals surface area contributed by atoms with Crippen LogP contribution in [-0.4, -0.2) is 46.2 Å². The lowest BCUT2D eigenvalue weighted by atomic mass is 9.60. The lowest BCUT2D eigenvalue weighted by Gasteiger charge is -2.45. The van der Waals surface area contributed by atoms with Crippen LogP contribution in [0.15, 0.2) is 47.6 Å². The minimum atomic E-state index is -0.765. The highest BCUT2D eigenvalue weighted by Gasteiger charge is 2.52. The highest BCUT2D eigenvalue weighted by atomic mass is 16.6. The number of ether oxygens (including phenoxy) is 1. The lowest BCUT2D eigenvalue weighted by Crippen LogP contribution is -2.38. The number of hydrogen-bond donors (Lipinski definition) is 3. The van der Waals surface area contributed by atoms with Gasteiger partial charge in [-0.2, -0.15) is 0 Å². The average molecular weight is 541 g/mol. The second-order valence-corrected chi connectivity index (χ2v) is 13.7. The van der Waals surface area contributed by atoms with E-state index >= 15 is 0 Å². The molecule has 0 amide bonds. The summed E-state index contributed by atoms with van der Waals surface area (Å²) in [6.45, 7) is 17.5. The molecule has 1 saturated heterocycles. The molecular weight excluding hydrogens is 488 g/mol. The van der Waals surface area contributed by atoms with E-state index < -0.39 is 12.2 Å². The maximum absolute atomic E-state index is 12.4. The van der Waals surface area contributed by atoms with Crippen LogP contribution in [0.4, 0.5) is 0 Å². The summed E-state index contributed by atoms with van der Waals surface area (Å²) in [6, 6.07) is 0. The standard InChI is InChI=1S/C34H52O5/c1-20(2)17-27-23(5)33(38)39-31(27)18-21(3)28-13-14-29-24(9-7-15-34(28,29)6)11-12-25-19-30(36)26(10-8-16-35)32(37)22(25)4/h11-12,20-21,26-32,35-37H,4-5,7-10,13-19H2,1-3,6H3/t21-,26+,27+,28-,29+,30-,31-,32-,34-/m1/s1. The second-order valence-electron chi connectivity index (χ2n) is 13.7. The van der Waals surface area contributed by atoms with E-state index in [9.17, 15) is 20.1 Å². The summed E-state index contributed by atoms with van der Waals surface area (Å²) < 4.78 is 5.85. The van der Waals surface area contributed by atoms with E-state index in [-0.39, 0.29) is 35.9 Å². The molecule has 3 N–H and O–H groups in total. The van der Waals surface area contributed by atoms with Gasteiger partial charge in [0.05, 0.1) is 12.2 Å². The Bertz CT molecular complexity index is 992. The number of aliphatic hydroxyl groups is 3. The van der Waals surface area contributed by atoms with Crippen LogP contribution in [0.3, 0.4) is 0 Å². The Kier molecular flexibility index (Phi) is 9.66. The first-order valence-corrected chi connectivity index (χ1v) is 15.4. The van der Waals surface area contributed by atoms with Crippen LogP contribution >= 0.6 is 0 Å². The second kappa shape index (κ2) is 12.4. The molecular formula is C34H52O5. The van der Waals surface area contributed by atoms with Crippen molar-refractivity contribution in [2.45, 2.75) is 110 Å². The SMILES string of the molecule is C=C1C(=CC=C2CCC[C@]3(C)[C@@H]([C@H](C)C[C@H]4OC(=O)C(=C)[C@@H]4CC(C)C)CC[C@@H]23)C[C@@H](O)[C@H](CCCO)[C@@H]1O. The van der Waals surface area contributed by atoms with Gasteiger partial charge in [-0.25, -0.2) is 4.79 Å². The zero-order valence-corrected chi connectivity index (χ0v) is 24.7. The number of carbonyl (C=O) groups is 1. The number of hydrogen-bond acceptors (Lipinski definition) is 5. The largest absolute Gasteiger partial charge is 0.458 e. The Labute approximate surface area is 236 Å². The van der Waals surface area contributed by atoms with E-state index in [1.165, 1.54) is 31.3 Å². The van der Waals surface area contributed by atoms with Crippen molar-refractivity contribution in [2.75, 3.05) is 6.61 Å². The Morgan fingerprint density at radius 3 is 2.54 bits per heavy atom. The molecule has 0 bridgehead atoms. The summed E-state index contributed by atoms with van der Waals surface area (Å²) in [4.78, 5) is 12.4. The lowest BCUT2D eigenvalue weighted by molar-refractivity contribution is -0.140. The molecule has 218 valence electrons. The van der Waals surface area contributed by atoms with Gasteiger partial charge in [0.15, 0.2) is 0 Å².